The van der Waals surface area contributed by atoms with Gasteiger partial charge in [0.25, 0.3) is 0 Å². The largest absolute Gasteiger partial charge is 0.491 e. The van der Waals surface area contributed by atoms with Crippen LogP contribution in [-0.2, 0) is 0 Å². The van der Waals surface area contributed by atoms with Gasteiger partial charge < -0.3 is 4.74 Å². The molecule has 2 aromatic heterocycles. The number of pyridine rings is 1. The van der Waals surface area contributed by atoms with Crippen LogP contribution in [0.3, 0.4) is 0 Å². The molecule has 0 amide bonds. The monoisotopic (exact) mass is 230 g/mol. The summed E-state index contributed by atoms with van der Waals surface area (Å²) in [5, 5.41) is 11.0. The molecule has 16 heavy (non-hydrogen) atoms. The number of hydrogen-bond donors (Lipinski definition) is 0. The highest BCUT2D eigenvalue weighted by Gasteiger charge is 2.07. The Bertz CT molecular complexity index is 514. The molecule has 0 aliphatic carbocycles. The van der Waals surface area contributed by atoms with Crippen molar-refractivity contribution in [1.82, 2.24) is 4.98 Å². The van der Waals surface area contributed by atoms with Crippen molar-refractivity contribution in [2.24, 2.45) is 0 Å². The van der Waals surface area contributed by atoms with Crippen LogP contribution < -0.4 is 4.74 Å². The van der Waals surface area contributed by atoms with Crippen LogP contribution in [0.5, 0.6) is 5.75 Å². The molecule has 80 valence electrons. The van der Waals surface area contributed by atoms with E-state index in [1.807, 2.05) is 24.4 Å². The maximum absolute atomic E-state index is 9.01. The Balaban J connectivity index is 2.42. The van der Waals surface area contributed by atoms with Crippen LogP contribution in [0.2, 0.25) is 0 Å². The first kappa shape index (κ1) is 10.7. The standard InChI is InChI=1S/C12H10N2OS/c1-2-15-11-8-14-10(6-9(11)7-13)12-4-3-5-16-12/h3-6,8H,2H2,1H3. The van der Waals surface area contributed by atoms with E-state index in [1.54, 1.807) is 23.6 Å². The van der Waals surface area contributed by atoms with E-state index in [2.05, 4.69) is 11.1 Å². The van der Waals surface area contributed by atoms with Crippen LogP contribution in [0, 0.1) is 11.3 Å². The molecule has 0 aliphatic heterocycles. The zero-order valence-electron chi connectivity index (χ0n) is 8.80. The summed E-state index contributed by atoms with van der Waals surface area (Å²) in [4.78, 5) is 5.34. The molecule has 2 heterocycles. The van der Waals surface area contributed by atoms with Gasteiger partial charge in [-0.25, -0.2) is 0 Å². The molecule has 0 atom stereocenters. The van der Waals surface area contributed by atoms with Crippen molar-refractivity contribution >= 4 is 11.3 Å². The van der Waals surface area contributed by atoms with Gasteiger partial charge in [0.05, 0.1) is 28.9 Å². The van der Waals surface area contributed by atoms with E-state index in [1.165, 1.54) is 0 Å². The van der Waals surface area contributed by atoms with Crippen molar-refractivity contribution in [2.45, 2.75) is 6.92 Å². The van der Waals surface area contributed by atoms with Gasteiger partial charge in [-0.05, 0) is 24.4 Å². The number of rotatable bonds is 3. The number of thiophene rings is 1. The molecule has 0 saturated heterocycles. The normalized spacial score (nSPS) is 9.75. The lowest BCUT2D eigenvalue weighted by molar-refractivity contribution is 0.338. The highest BCUT2D eigenvalue weighted by molar-refractivity contribution is 7.13. The molecule has 0 fully saturated rings. The lowest BCUT2D eigenvalue weighted by Crippen LogP contribution is -1.96. The van der Waals surface area contributed by atoms with E-state index in [9.17, 15) is 0 Å². The molecule has 0 bridgehead atoms. The highest BCUT2D eigenvalue weighted by atomic mass is 32.1. The van der Waals surface area contributed by atoms with Crippen LogP contribution in [0.15, 0.2) is 29.8 Å². The minimum Gasteiger partial charge on any atom is -0.491 e. The fourth-order valence-electron chi connectivity index (χ4n) is 1.36. The zero-order chi connectivity index (χ0) is 11.4. The van der Waals surface area contributed by atoms with Gasteiger partial charge in [0.2, 0.25) is 0 Å². The second-order valence-corrected chi connectivity index (χ2v) is 4.04. The van der Waals surface area contributed by atoms with Crippen molar-refractivity contribution in [2.75, 3.05) is 6.61 Å². The Morgan fingerprint density at radius 3 is 3.06 bits per heavy atom. The predicted octanol–water partition coefficient (Wildman–Crippen LogP) is 3.08. The summed E-state index contributed by atoms with van der Waals surface area (Å²) in [6, 6.07) is 7.83. The van der Waals surface area contributed by atoms with Gasteiger partial charge in [-0.15, -0.1) is 11.3 Å². The quantitative estimate of drug-likeness (QED) is 0.814. The van der Waals surface area contributed by atoms with Crippen LogP contribution in [-0.4, -0.2) is 11.6 Å². The zero-order valence-corrected chi connectivity index (χ0v) is 9.62. The number of ether oxygens (including phenoxy) is 1. The molecule has 0 aromatic carbocycles. The van der Waals surface area contributed by atoms with Crippen molar-refractivity contribution in [1.29, 1.82) is 5.26 Å². The molecule has 2 aromatic rings. The molecule has 2 rings (SSSR count). The Labute approximate surface area is 97.9 Å². The second-order valence-electron chi connectivity index (χ2n) is 3.09. The molecule has 0 unspecified atom stereocenters. The fraction of sp³-hybridized carbons (Fsp3) is 0.167. The highest BCUT2D eigenvalue weighted by Crippen LogP contribution is 2.26. The van der Waals surface area contributed by atoms with E-state index in [-0.39, 0.29) is 0 Å². The Morgan fingerprint density at radius 1 is 1.56 bits per heavy atom. The van der Waals surface area contributed by atoms with Crippen molar-refractivity contribution < 1.29 is 4.74 Å². The van der Waals surface area contributed by atoms with Crippen LogP contribution in [0.25, 0.3) is 10.6 Å². The SMILES string of the molecule is CCOc1cnc(-c2cccs2)cc1C#N. The maximum atomic E-state index is 9.01. The van der Waals surface area contributed by atoms with Gasteiger partial charge in [-0.1, -0.05) is 6.07 Å². The average molecular weight is 230 g/mol. The summed E-state index contributed by atoms with van der Waals surface area (Å²) in [6.45, 7) is 2.42. The van der Waals surface area contributed by atoms with E-state index in [0.29, 0.717) is 17.9 Å². The maximum Gasteiger partial charge on any atom is 0.155 e. The minimum absolute atomic E-state index is 0.528. The van der Waals surface area contributed by atoms with Gasteiger partial charge in [-0.3, -0.25) is 4.98 Å². The summed E-state index contributed by atoms with van der Waals surface area (Å²) in [5.41, 5.74) is 1.34. The third-order valence-electron chi connectivity index (χ3n) is 2.06. The van der Waals surface area contributed by atoms with Crippen molar-refractivity contribution in [3.63, 3.8) is 0 Å². The minimum atomic E-state index is 0.528. The molecule has 0 radical (unpaired) electrons. The number of hydrogen-bond acceptors (Lipinski definition) is 4. The van der Waals surface area contributed by atoms with Gasteiger partial charge in [0.15, 0.2) is 5.75 Å². The molecular formula is C12H10N2OS. The van der Waals surface area contributed by atoms with Crippen molar-refractivity contribution in [3.8, 4) is 22.4 Å². The van der Waals surface area contributed by atoms with Gasteiger partial charge in [-0.2, -0.15) is 5.26 Å². The van der Waals surface area contributed by atoms with E-state index < -0.39 is 0 Å². The first-order chi connectivity index (χ1) is 7.85. The summed E-state index contributed by atoms with van der Waals surface area (Å²) in [7, 11) is 0. The van der Waals surface area contributed by atoms with E-state index >= 15 is 0 Å². The molecule has 0 N–H and O–H groups in total. The van der Waals surface area contributed by atoms with Gasteiger partial charge in [0.1, 0.15) is 6.07 Å². The number of nitrogens with zero attached hydrogens (tertiary/aromatic N) is 2. The van der Waals surface area contributed by atoms with E-state index in [4.69, 9.17) is 10.00 Å². The van der Waals surface area contributed by atoms with Gasteiger partial charge in [0, 0.05) is 0 Å². The molecule has 0 spiro atoms. The Hall–Kier alpha value is -1.86. The summed E-state index contributed by atoms with van der Waals surface area (Å²) in [6.07, 6.45) is 1.61. The van der Waals surface area contributed by atoms with E-state index in [0.717, 1.165) is 10.6 Å². The van der Waals surface area contributed by atoms with Crippen molar-refractivity contribution in [3.05, 3.63) is 35.3 Å². The summed E-state index contributed by atoms with van der Waals surface area (Å²) in [5.74, 6) is 0.547. The lowest BCUT2D eigenvalue weighted by atomic mass is 10.2. The Kier molecular flexibility index (Phi) is 3.18. The summed E-state index contributed by atoms with van der Waals surface area (Å²) >= 11 is 1.60. The third kappa shape index (κ3) is 2.05. The predicted molar refractivity (Wildman–Crippen MR) is 63.4 cm³/mol. The topological polar surface area (TPSA) is 45.9 Å². The van der Waals surface area contributed by atoms with Crippen LogP contribution in [0.4, 0.5) is 0 Å². The second kappa shape index (κ2) is 4.77. The first-order valence-corrected chi connectivity index (χ1v) is 5.80. The number of nitriles is 1. The number of aromatic nitrogens is 1. The van der Waals surface area contributed by atoms with Gasteiger partial charge >= 0.3 is 0 Å². The lowest BCUT2D eigenvalue weighted by Gasteiger charge is -2.05. The molecule has 0 saturated carbocycles. The third-order valence-corrected chi connectivity index (χ3v) is 2.95. The molecule has 0 aliphatic rings. The average Bonchev–Trinajstić information content (AvgIpc) is 2.83. The van der Waals surface area contributed by atoms with Crippen LogP contribution >= 0.6 is 11.3 Å². The Morgan fingerprint density at radius 2 is 2.44 bits per heavy atom. The summed E-state index contributed by atoms with van der Waals surface area (Å²) < 4.78 is 5.32. The molecule has 3 nitrogen and oxygen atoms in total. The fourth-order valence-corrected chi connectivity index (χ4v) is 2.05. The van der Waals surface area contributed by atoms with Crippen LogP contribution in [0.1, 0.15) is 12.5 Å². The molecule has 4 heteroatoms. The smallest absolute Gasteiger partial charge is 0.155 e. The molecular weight excluding hydrogens is 220 g/mol. The first-order valence-electron chi connectivity index (χ1n) is 4.92.